The van der Waals surface area contributed by atoms with Crippen LogP contribution in [0.25, 0.3) is 0 Å². The van der Waals surface area contributed by atoms with E-state index in [9.17, 15) is 0 Å². The maximum Gasteiger partial charge on any atom is 0.214 e. The van der Waals surface area contributed by atoms with Crippen molar-refractivity contribution >= 4 is 17.3 Å². The van der Waals surface area contributed by atoms with E-state index in [-0.39, 0.29) is 11.6 Å². The number of nitrogens with zero attached hydrogens (tertiary/aromatic N) is 5. The number of hydrogen-bond donors (Lipinski definition) is 1. The summed E-state index contributed by atoms with van der Waals surface area (Å²) in [4.78, 5) is 3.93. The van der Waals surface area contributed by atoms with E-state index < -0.39 is 0 Å². The number of tetrazole rings is 1. The van der Waals surface area contributed by atoms with Crippen LogP contribution in [0.5, 0.6) is 0 Å². The zero-order valence-corrected chi connectivity index (χ0v) is 18.9. The molecule has 0 radical (unpaired) electrons. The third-order valence-electron chi connectivity index (χ3n) is 5.85. The molecule has 7 heteroatoms. The Morgan fingerprint density at radius 2 is 1.73 bits per heavy atom. The molecule has 3 aromatic rings. The van der Waals surface area contributed by atoms with Crippen LogP contribution in [0.2, 0.25) is 5.02 Å². The van der Waals surface area contributed by atoms with Gasteiger partial charge in [0.1, 0.15) is 0 Å². The number of benzene rings is 2. The maximum absolute atomic E-state index is 6.27. The molecule has 158 valence electrons. The van der Waals surface area contributed by atoms with E-state index in [2.05, 4.69) is 90.6 Å². The van der Waals surface area contributed by atoms with Crippen LogP contribution < -0.4 is 9.80 Å². The molecule has 1 saturated heterocycles. The van der Waals surface area contributed by atoms with Gasteiger partial charge in [0.15, 0.2) is 6.04 Å². The molecule has 1 fully saturated rings. The summed E-state index contributed by atoms with van der Waals surface area (Å²) in [6, 6.07) is 16.9. The minimum Gasteiger partial charge on any atom is -0.360 e. The lowest BCUT2D eigenvalue weighted by atomic mass is 10.0. The number of rotatable bonds is 4. The van der Waals surface area contributed by atoms with Crippen LogP contribution >= 0.6 is 11.6 Å². The number of aromatic nitrogens is 4. The van der Waals surface area contributed by atoms with Gasteiger partial charge in [-0.1, -0.05) is 48.0 Å². The standard InChI is InChI=1S/C23H29ClN6/c1-17-10-11-19(24)16-20(17)28-12-14-29(15-13-28)21(18-8-6-5-7-9-18)22-25-26-27-30(22)23(2,3)4/h5-11,16,21H,12-15H2,1-4H3/p+1/t21-/m1/s1. The predicted octanol–water partition coefficient (Wildman–Crippen LogP) is 2.88. The van der Waals surface area contributed by atoms with Gasteiger partial charge in [-0.2, -0.15) is 0 Å². The largest absolute Gasteiger partial charge is 0.360 e. The highest BCUT2D eigenvalue weighted by molar-refractivity contribution is 6.30. The van der Waals surface area contributed by atoms with Crippen LogP contribution in [0.1, 0.15) is 43.8 Å². The van der Waals surface area contributed by atoms with E-state index in [0.717, 1.165) is 37.0 Å². The average Bonchev–Trinajstić information content (AvgIpc) is 3.21. The van der Waals surface area contributed by atoms with Crippen molar-refractivity contribution in [2.24, 2.45) is 0 Å². The fourth-order valence-electron chi connectivity index (χ4n) is 4.31. The Morgan fingerprint density at radius 1 is 1.03 bits per heavy atom. The van der Waals surface area contributed by atoms with Gasteiger partial charge in [-0.3, -0.25) is 0 Å². The number of quaternary nitrogens is 1. The molecule has 6 nitrogen and oxygen atoms in total. The molecule has 1 aromatic heterocycles. The molecule has 1 aliphatic heterocycles. The minimum atomic E-state index is -0.176. The van der Waals surface area contributed by atoms with Crippen LogP contribution in [-0.4, -0.2) is 46.4 Å². The third kappa shape index (κ3) is 4.20. The van der Waals surface area contributed by atoms with Crippen LogP contribution in [0.4, 0.5) is 5.69 Å². The van der Waals surface area contributed by atoms with Gasteiger partial charge in [0.2, 0.25) is 5.82 Å². The van der Waals surface area contributed by atoms with E-state index in [1.54, 1.807) is 0 Å². The Kier molecular flexibility index (Phi) is 5.80. The fraction of sp³-hybridized carbons (Fsp3) is 0.435. The fourth-order valence-corrected chi connectivity index (χ4v) is 4.48. The first-order valence-electron chi connectivity index (χ1n) is 10.5. The van der Waals surface area contributed by atoms with Gasteiger partial charge in [-0.25, -0.2) is 4.68 Å². The smallest absolute Gasteiger partial charge is 0.214 e. The zero-order chi connectivity index (χ0) is 21.3. The molecule has 2 aromatic carbocycles. The molecular formula is C23H30ClN6+. The van der Waals surface area contributed by atoms with Crippen molar-refractivity contribution in [2.75, 3.05) is 31.1 Å². The van der Waals surface area contributed by atoms with Crippen molar-refractivity contribution in [3.05, 3.63) is 70.5 Å². The zero-order valence-electron chi connectivity index (χ0n) is 18.1. The van der Waals surface area contributed by atoms with E-state index in [1.807, 2.05) is 10.7 Å². The predicted molar refractivity (Wildman–Crippen MR) is 120 cm³/mol. The van der Waals surface area contributed by atoms with Crippen LogP contribution in [0.3, 0.4) is 0 Å². The summed E-state index contributed by atoms with van der Waals surface area (Å²) in [6.07, 6.45) is 0. The Bertz CT molecular complexity index is 986. The van der Waals surface area contributed by atoms with E-state index in [4.69, 9.17) is 11.6 Å². The van der Waals surface area contributed by atoms with Crippen molar-refractivity contribution in [1.82, 2.24) is 20.2 Å². The second-order valence-corrected chi connectivity index (χ2v) is 9.48. The summed E-state index contributed by atoms with van der Waals surface area (Å²) in [7, 11) is 0. The van der Waals surface area contributed by atoms with Gasteiger partial charge >= 0.3 is 0 Å². The molecule has 0 unspecified atom stereocenters. The summed E-state index contributed by atoms with van der Waals surface area (Å²) in [5.41, 5.74) is 3.57. The molecule has 2 heterocycles. The van der Waals surface area contributed by atoms with Gasteiger partial charge in [0.25, 0.3) is 0 Å². The van der Waals surface area contributed by atoms with Crippen LogP contribution in [-0.2, 0) is 5.54 Å². The lowest BCUT2D eigenvalue weighted by Gasteiger charge is -2.38. The molecule has 0 bridgehead atoms. The van der Waals surface area contributed by atoms with E-state index >= 15 is 0 Å². The quantitative estimate of drug-likeness (QED) is 0.698. The van der Waals surface area contributed by atoms with Crippen LogP contribution in [0.15, 0.2) is 48.5 Å². The number of nitrogens with one attached hydrogen (secondary N) is 1. The lowest BCUT2D eigenvalue weighted by molar-refractivity contribution is -0.927. The molecule has 0 spiro atoms. The molecule has 1 N–H and O–H groups in total. The number of aryl methyl sites for hydroxylation is 1. The van der Waals surface area contributed by atoms with Gasteiger partial charge < -0.3 is 9.80 Å². The highest BCUT2D eigenvalue weighted by atomic mass is 35.5. The summed E-state index contributed by atoms with van der Waals surface area (Å²) >= 11 is 6.27. The molecule has 1 aliphatic rings. The van der Waals surface area contributed by atoms with Crippen LogP contribution in [0, 0.1) is 6.92 Å². The summed E-state index contributed by atoms with van der Waals surface area (Å²) in [5.74, 6) is 0.927. The topological polar surface area (TPSA) is 51.3 Å². The minimum absolute atomic E-state index is 0.100. The molecule has 4 rings (SSSR count). The number of halogens is 1. The van der Waals surface area contributed by atoms with Crippen molar-refractivity contribution in [2.45, 2.75) is 39.3 Å². The van der Waals surface area contributed by atoms with E-state index in [0.29, 0.717) is 0 Å². The number of piperazine rings is 1. The van der Waals surface area contributed by atoms with Crippen molar-refractivity contribution in [3.8, 4) is 0 Å². The molecule has 0 amide bonds. The SMILES string of the molecule is Cc1ccc(Cl)cc1N1CC[NH+]([C@H](c2ccccc2)c2nnnn2C(C)(C)C)CC1. The van der Waals surface area contributed by atoms with Gasteiger partial charge in [0.05, 0.1) is 31.7 Å². The molecule has 0 saturated carbocycles. The van der Waals surface area contributed by atoms with E-state index in [1.165, 1.54) is 21.7 Å². The Labute approximate surface area is 183 Å². The molecule has 30 heavy (non-hydrogen) atoms. The second-order valence-electron chi connectivity index (χ2n) is 9.04. The number of hydrogen-bond acceptors (Lipinski definition) is 4. The monoisotopic (exact) mass is 425 g/mol. The van der Waals surface area contributed by atoms with Crippen molar-refractivity contribution in [1.29, 1.82) is 0 Å². The summed E-state index contributed by atoms with van der Waals surface area (Å²) in [5, 5.41) is 13.6. The molecular weight excluding hydrogens is 396 g/mol. The van der Waals surface area contributed by atoms with Gasteiger partial charge in [-0.15, -0.1) is 5.10 Å². The second kappa shape index (κ2) is 8.36. The summed E-state index contributed by atoms with van der Waals surface area (Å²) < 4.78 is 1.98. The first-order chi connectivity index (χ1) is 14.3. The first kappa shape index (κ1) is 20.8. The number of anilines is 1. The highest BCUT2D eigenvalue weighted by Crippen LogP contribution is 2.26. The Morgan fingerprint density at radius 3 is 2.40 bits per heavy atom. The maximum atomic E-state index is 6.27. The summed E-state index contributed by atoms with van der Waals surface area (Å²) in [6.45, 7) is 12.5. The lowest BCUT2D eigenvalue weighted by Crippen LogP contribution is -3.15. The Hall–Kier alpha value is -2.44. The average molecular weight is 426 g/mol. The van der Waals surface area contributed by atoms with Crippen molar-refractivity contribution in [3.63, 3.8) is 0 Å². The third-order valence-corrected chi connectivity index (χ3v) is 6.08. The first-order valence-corrected chi connectivity index (χ1v) is 10.9. The molecule has 0 aliphatic carbocycles. The Balaban J connectivity index is 1.63. The van der Waals surface area contributed by atoms with Gasteiger partial charge in [-0.05, 0) is 55.8 Å². The highest BCUT2D eigenvalue weighted by Gasteiger charge is 2.36. The normalized spacial score (nSPS) is 16.6. The van der Waals surface area contributed by atoms with Crippen molar-refractivity contribution < 1.29 is 4.90 Å². The van der Waals surface area contributed by atoms with Gasteiger partial charge in [0, 0.05) is 16.3 Å². The molecule has 1 atom stereocenters.